The van der Waals surface area contributed by atoms with Gasteiger partial charge in [-0.1, -0.05) is 67.5 Å². The van der Waals surface area contributed by atoms with Crippen molar-refractivity contribution in [1.82, 2.24) is 4.90 Å². The van der Waals surface area contributed by atoms with Crippen LogP contribution in [0.1, 0.15) is 106 Å². The third kappa shape index (κ3) is 8.68. The maximum atomic E-state index is 13.5. The van der Waals surface area contributed by atoms with Crippen molar-refractivity contribution in [1.29, 1.82) is 0 Å². The summed E-state index contributed by atoms with van der Waals surface area (Å²) in [7, 11) is 1.46. The summed E-state index contributed by atoms with van der Waals surface area (Å²) in [5, 5.41) is 6.07. The Labute approximate surface area is 286 Å². The molecule has 10 heteroatoms. The van der Waals surface area contributed by atoms with Crippen LogP contribution in [0.15, 0.2) is 36.4 Å². The topological polar surface area (TPSA) is 123 Å². The van der Waals surface area contributed by atoms with Crippen LogP contribution in [0, 0.1) is 5.92 Å². The number of rotatable bonds is 17. The van der Waals surface area contributed by atoms with E-state index in [-0.39, 0.29) is 16.5 Å². The van der Waals surface area contributed by atoms with E-state index in [4.69, 9.17) is 14.2 Å². The standard InChI is InChI=1S/C38H55N3O7/c1-12-36(5,6)25-16-18-29(27(22-25)37(7,8)13-2)47-21-15-14-20-39-26-17-19-30(46-11)28(23-26)40-33(43)31(32(42)24(3)4)41-34(44)38(9,10)48-35(41)45/h16-19,22-24,31,39H,12-15,20-21H2,1-11H3,(H,40,43). The second-order valence-corrected chi connectivity index (χ2v) is 14.6. The molecule has 0 spiro atoms. The molecule has 48 heavy (non-hydrogen) atoms. The lowest BCUT2D eigenvalue weighted by Crippen LogP contribution is -2.54. The van der Waals surface area contributed by atoms with Crippen LogP contribution in [0.3, 0.4) is 0 Å². The minimum atomic E-state index is -1.69. The quantitative estimate of drug-likeness (QED) is 0.131. The monoisotopic (exact) mass is 665 g/mol. The van der Waals surface area contributed by atoms with Crippen molar-refractivity contribution in [2.45, 2.75) is 117 Å². The summed E-state index contributed by atoms with van der Waals surface area (Å²) in [6, 6.07) is 10.1. The summed E-state index contributed by atoms with van der Waals surface area (Å²) < 4.78 is 16.9. The van der Waals surface area contributed by atoms with E-state index in [1.54, 1.807) is 26.0 Å². The lowest BCUT2D eigenvalue weighted by molar-refractivity contribution is -0.144. The van der Waals surface area contributed by atoms with E-state index in [9.17, 15) is 19.2 Å². The first kappa shape index (κ1) is 38.4. The Balaban J connectivity index is 1.66. The Bertz CT molecular complexity index is 1500. The molecule has 10 nitrogen and oxygen atoms in total. The molecule has 0 radical (unpaired) electrons. The van der Waals surface area contributed by atoms with E-state index >= 15 is 0 Å². The summed E-state index contributed by atoms with van der Waals surface area (Å²) in [6.07, 6.45) is 2.69. The number of hydrogen-bond acceptors (Lipinski definition) is 8. The number of ketones is 1. The van der Waals surface area contributed by atoms with Crippen LogP contribution in [0.2, 0.25) is 0 Å². The van der Waals surface area contributed by atoms with Crippen LogP contribution in [0.5, 0.6) is 11.5 Å². The van der Waals surface area contributed by atoms with Crippen molar-refractivity contribution in [2.24, 2.45) is 5.92 Å². The number of imide groups is 1. The fourth-order valence-corrected chi connectivity index (χ4v) is 5.36. The van der Waals surface area contributed by atoms with Crippen molar-refractivity contribution in [3.63, 3.8) is 0 Å². The number of cyclic esters (lactones) is 1. The first-order chi connectivity index (χ1) is 22.4. The maximum absolute atomic E-state index is 13.5. The van der Waals surface area contributed by atoms with Gasteiger partial charge in [0.25, 0.3) is 11.8 Å². The average Bonchev–Trinajstić information content (AvgIpc) is 3.24. The fourth-order valence-electron chi connectivity index (χ4n) is 5.36. The molecule has 0 saturated carbocycles. The summed E-state index contributed by atoms with van der Waals surface area (Å²) in [6.45, 7) is 20.8. The van der Waals surface area contributed by atoms with Gasteiger partial charge in [-0.05, 0) is 80.2 Å². The van der Waals surface area contributed by atoms with Gasteiger partial charge >= 0.3 is 6.09 Å². The van der Waals surface area contributed by atoms with E-state index in [2.05, 4.69) is 70.4 Å². The fraction of sp³-hybridized carbons (Fsp3) is 0.579. The Morgan fingerprint density at radius 2 is 1.58 bits per heavy atom. The number of anilines is 2. The first-order valence-corrected chi connectivity index (χ1v) is 17.0. The molecular formula is C38H55N3O7. The normalized spacial score (nSPS) is 15.3. The lowest BCUT2D eigenvalue weighted by Gasteiger charge is -2.30. The van der Waals surface area contributed by atoms with Gasteiger partial charge in [-0.3, -0.25) is 14.4 Å². The summed E-state index contributed by atoms with van der Waals surface area (Å²) >= 11 is 0. The second kappa shape index (κ2) is 15.4. The summed E-state index contributed by atoms with van der Waals surface area (Å²) in [5.41, 5.74) is 2.18. The van der Waals surface area contributed by atoms with Crippen molar-refractivity contribution < 1.29 is 33.4 Å². The summed E-state index contributed by atoms with van der Waals surface area (Å²) in [4.78, 5) is 52.9. The highest BCUT2D eigenvalue weighted by Gasteiger charge is 2.54. The minimum absolute atomic E-state index is 0.00971. The summed E-state index contributed by atoms with van der Waals surface area (Å²) in [5.74, 6) is -1.51. The number of methoxy groups -OCH3 is 1. The van der Waals surface area contributed by atoms with Gasteiger partial charge in [0.2, 0.25) is 0 Å². The lowest BCUT2D eigenvalue weighted by atomic mass is 9.76. The van der Waals surface area contributed by atoms with Gasteiger partial charge in [-0.15, -0.1) is 0 Å². The molecule has 0 aromatic heterocycles. The predicted molar refractivity (Wildman–Crippen MR) is 189 cm³/mol. The molecule has 1 unspecified atom stereocenters. The first-order valence-electron chi connectivity index (χ1n) is 17.0. The molecule has 1 aliphatic heterocycles. The Morgan fingerprint density at radius 1 is 0.938 bits per heavy atom. The molecule has 2 aromatic carbocycles. The van der Waals surface area contributed by atoms with Gasteiger partial charge in [0.05, 0.1) is 19.4 Å². The van der Waals surface area contributed by atoms with Crippen molar-refractivity contribution in [3.8, 4) is 11.5 Å². The third-order valence-electron chi connectivity index (χ3n) is 9.49. The van der Waals surface area contributed by atoms with Crippen molar-refractivity contribution >= 4 is 35.1 Å². The van der Waals surface area contributed by atoms with Crippen LogP contribution in [0.25, 0.3) is 0 Å². The van der Waals surface area contributed by atoms with E-state index in [1.165, 1.54) is 32.1 Å². The van der Waals surface area contributed by atoms with Crippen LogP contribution in [-0.2, 0) is 30.0 Å². The molecule has 3 rings (SSSR count). The molecule has 1 fully saturated rings. The minimum Gasteiger partial charge on any atom is -0.495 e. The zero-order valence-electron chi connectivity index (χ0n) is 30.7. The molecule has 0 bridgehead atoms. The highest BCUT2D eigenvalue weighted by atomic mass is 16.6. The highest BCUT2D eigenvalue weighted by Crippen LogP contribution is 2.38. The van der Waals surface area contributed by atoms with E-state index in [0.29, 0.717) is 23.8 Å². The van der Waals surface area contributed by atoms with E-state index in [1.807, 2.05) is 6.07 Å². The van der Waals surface area contributed by atoms with Crippen LogP contribution in [0.4, 0.5) is 16.2 Å². The van der Waals surface area contributed by atoms with Gasteiger partial charge in [0, 0.05) is 23.7 Å². The Kier molecular flexibility index (Phi) is 12.3. The van der Waals surface area contributed by atoms with Gasteiger partial charge in [0.1, 0.15) is 11.5 Å². The van der Waals surface area contributed by atoms with E-state index in [0.717, 1.165) is 37.1 Å². The molecule has 2 N–H and O–H groups in total. The second-order valence-electron chi connectivity index (χ2n) is 14.6. The van der Waals surface area contributed by atoms with Crippen LogP contribution in [-0.4, -0.2) is 60.5 Å². The van der Waals surface area contributed by atoms with Crippen LogP contribution >= 0.6 is 0 Å². The number of amides is 3. The Morgan fingerprint density at radius 3 is 2.15 bits per heavy atom. The van der Waals surface area contributed by atoms with Gasteiger partial charge in [0.15, 0.2) is 17.4 Å². The number of benzene rings is 2. The number of carbonyl (C=O) groups is 4. The van der Waals surface area contributed by atoms with Gasteiger partial charge < -0.3 is 24.8 Å². The number of unbranched alkanes of at least 4 members (excludes halogenated alkanes) is 1. The Hall–Kier alpha value is -4.08. The molecule has 264 valence electrons. The van der Waals surface area contributed by atoms with Crippen molar-refractivity contribution in [3.05, 3.63) is 47.5 Å². The zero-order chi connectivity index (χ0) is 36.0. The predicted octanol–water partition coefficient (Wildman–Crippen LogP) is 7.63. The SMILES string of the molecule is CCC(C)(C)c1ccc(OCCCCNc2ccc(OC)c(NC(=O)C(C(=O)C(C)C)N3C(=O)OC(C)(C)C3=O)c2)c(C(C)(C)CC)c1. The third-order valence-corrected chi connectivity index (χ3v) is 9.49. The molecule has 1 atom stereocenters. The van der Waals surface area contributed by atoms with Crippen LogP contribution < -0.4 is 20.1 Å². The molecule has 0 aliphatic carbocycles. The molecule has 3 amide bonds. The number of nitrogens with zero attached hydrogens (tertiary/aromatic N) is 1. The van der Waals surface area contributed by atoms with Gasteiger partial charge in [-0.25, -0.2) is 9.69 Å². The smallest absolute Gasteiger partial charge is 0.418 e. The zero-order valence-corrected chi connectivity index (χ0v) is 30.7. The maximum Gasteiger partial charge on any atom is 0.418 e. The molecule has 1 saturated heterocycles. The number of carbonyl (C=O) groups excluding carboxylic acids is 4. The molecular weight excluding hydrogens is 610 g/mol. The largest absolute Gasteiger partial charge is 0.495 e. The molecule has 1 aliphatic rings. The molecule has 1 heterocycles. The number of ether oxygens (including phenoxy) is 3. The average molecular weight is 666 g/mol. The van der Waals surface area contributed by atoms with Gasteiger partial charge in [-0.2, -0.15) is 0 Å². The number of nitrogens with one attached hydrogen (secondary N) is 2. The number of hydrogen-bond donors (Lipinski definition) is 2. The highest BCUT2D eigenvalue weighted by molar-refractivity contribution is 6.18. The van der Waals surface area contributed by atoms with Crippen molar-refractivity contribution in [2.75, 3.05) is 30.9 Å². The molecule has 2 aromatic rings. The van der Waals surface area contributed by atoms with E-state index < -0.39 is 41.3 Å². The number of Topliss-reactive ketones (excluding diaryl/α,β-unsaturated/α-hetero) is 1.